The van der Waals surface area contributed by atoms with E-state index >= 15 is 0 Å². The fourth-order valence-electron chi connectivity index (χ4n) is 3.39. The summed E-state index contributed by atoms with van der Waals surface area (Å²) in [5, 5.41) is 12.6. The monoisotopic (exact) mass is 450 g/mol. The van der Waals surface area contributed by atoms with E-state index in [0.29, 0.717) is 6.54 Å². The molecule has 1 aliphatic rings. The van der Waals surface area contributed by atoms with Crippen molar-refractivity contribution in [1.82, 2.24) is 10.2 Å². The molecule has 0 bridgehead atoms. The zero-order chi connectivity index (χ0) is 23.3. The highest BCUT2D eigenvalue weighted by molar-refractivity contribution is 5.89. The van der Waals surface area contributed by atoms with E-state index < -0.39 is 23.8 Å². The lowest BCUT2D eigenvalue weighted by Gasteiger charge is -2.18. The van der Waals surface area contributed by atoms with Gasteiger partial charge in [0.25, 0.3) is 0 Å². The number of aryl methyl sites for hydroxylation is 1. The third-order valence-electron chi connectivity index (χ3n) is 5.19. The van der Waals surface area contributed by atoms with Crippen molar-refractivity contribution in [3.8, 4) is 5.75 Å². The van der Waals surface area contributed by atoms with Gasteiger partial charge in [-0.25, -0.2) is 0 Å². The van der Waals surface area contributed by atoms with Gasteiger partial charge >= 0.3 is 6.18 Å². The van der Waals surface area contributed by atoms with Gasteiger partial charge in [0.05, 0.1) is 11.5 Å². The van der Waals surface area contributed by atoms with Crippen LogP contribution in [-0.2, 0) is 22.3 Å². The van der Waals surface area contributed by atoms with E-state index in [-0.39, 0.29) is 43.7 Å². The molecule has 172 valence electrons. The van der Waals surface area contributed by atoms with Crippen LogP contribution in [0.1, 0.15) is 23.1 Å². The molecular formula is C23H25F3N2O4. The van der Waals surface area contributed by atoms with Crippen LogP contribution in [0.4, 0.5) is 13.2 Å². The number of ether oxygens (including phenoxy) is 1. The maximum Gasteiger partial charge on any atom is 0.416 e. The van der Waals surface area contributed by atoms with Gasteiger partial charge in [-0.1, -0.05) is 35.9 Å². The number of hydrogen-bond acceptors (Lipinski definition) is 4. The average Bonchev–Trinajstić information content (AvgIpc) is 3.12. The Balaban J connectivity index is 1.43. The second-order valence-corrected chi connectivity index (χ2v) is 7.90. The predicted molar refractivity (Wildman–Crippen MR) is 111 cm³/mol. The lowest BCUT2D eigenvalue weighted by molar-refractivity contribution is -0.137. The van der Waals surface area contributed by atoms with Crippen LogP contribution in [0.3, 0.4) is 0 Å². The van der Waals surface area contributed by atoms with Crippen LogP contribution < -0.4 is 10.1 Å². The second kappa shape index (κ2) is 10.0. The van der Waals surface area contributed by atoms with Gasteiger partial charge in [0.2, 0.25) is 11.8 Å². The van der Waals surface area contributed by atoms with Crippen LogP contribution in [-0.4, -0.2) is 47.6 Å². The quantitative estimate of drug-likeness (QED) is 0.648. The first-order valence-electron chi connectivity index (χ1n) is 10.2. The van der Waals surface area contributed by atoms with E-state index in [9.17, 15) is 27.9 Å². The van der Waals surface area contributed by atoms with Gasteiger partial charge in [0, 0.05) is 26.1 Å². The summed E-state index contributed by atoms with van der Waals surface area (Å²) < 4.78 is 43.4. The SMILES string of the molecule is Cc1ccc(CN2CC(C(=O)NCC(O)COc3cccc(C(F)(F)F)c3)CC2=O)cc1. The number of amides is 2. The molecule has 9 heteroatoms. The Labute approximate surface area is 184 Å². The Morgan fingerprint density at radius 1 is 1.25 bits per heavy atom. The van der Waals surface area contributed by atoms with Crippen LogP contribution in [0.15, 0.2) is 48.5 Å². The van der Waals surface area contributed by atoms with Gasteiger partial charge in [-0.2, -0.15) is 13.2 Å². The summed E-state index contributed by atoms with van der Waals surface area (Å²) in [5.74, 6) is -1.02. The molecule has 2 atom stereocenters. The number of nitrogens with zero attached hydrogens (tertiary/aromatic N) is 1. The van der Waals surface area contributed by atoms with Crippen molar-refractivity contribution >= 4 is 11.8 Å². The Morgan fingerprint density at radius 2 is 1.97 bits per heavy atom. The standard InChI is InChI=1S/C23H25F3N2O4/c1-15-5-7-16(8-6-15)12-28-13-17(9-21(28)30)22(31)27-11-19(29)14-32-20-4-2-3-18(10-20)23(24,25)26/h2-8,10,17,19,29H,9,11-14H2,1H3,(H,27,31). The van der Waals surface area contributed by atoms with Crippen molar-refractivity contribution in [2.45, 2.75) is 32.2 Å². The number of likely N-dealkylation sites (tertiary alicyclic amines) is 1. The van der Waals surface area contributed by atoms with Crippen molar-refractivity contribution in [2.75, 3.05) is 19.7 Å². The van der Waals surface area contributed by atoms with Crippen molar-refractivity contribution in [3.05, 3.63) is 65.2 Å². The molecule has 1 fully saturated rings. The first kappa shape index (κ1) is 23.6. The molecule has 2 unspecified atom stereocenters. The van der Waals surface area contributed by atoms with Gasteiger partial charge in [-0.3, -0.25) is 9.59 Å². The fourth-order valence-corrected chi connectivity index (χ4v) is 3.39. The molecule has 0 radical (unpaired) electrons. The summed E-state index contributed by atoms with van der Waals surface area (Å²) in [7, 11) is 0. The van der Waals surface area contributed by atoms with Gasteiger partial charge < -0.3 is 20.1 Å². The fraction of sp³-hybridized carbons (Fsp3) is 0.391. The zero-order valence-electron chi connectivity index (χ0n) is 17.6. The molecule has 6 nitrogen and oxygen atoms in total. The molecule has 2 N–H and O–H groups in total. The molecule has 1 saturated heterocycles. The van der Waals surface area contributed by atoms with Gasteiger partial charge in [0.1, 0.15) is 18.5 Å². The molecule has 3 rings (SSSR count). The summed E-state index contributed by atoms with van der Waals surface area (Å²) in [6, 6.07) is 12.1. The number of nitrogens with one attached hydrogen (secondary N) is 1. The average molecular weight is 450 g/mol. The maximum atomic E-state index is 12.7. The summed E-state index contributed by atoms with van der Waals surface area (Å²) in [6.45, 7) is 2.27. The highest BCUT2D eigenvalue weighted by Crippen LogP contribution is 2.31. The zero-order valence-corrected chi connectivity index (χ0v) is 17.6. The molecule has 0 saturated carbocycles. The second-order valence-electron chi connectivity index (χ2n) is 7.90. The number of carbonyl (C=O) groups is 2. The third-order valence-corrected chi connectivity index (χ3v) is 5.19. The Kier molecular flexibility index (Phi) is 7.40. The highest BCUT2D eigenvalue weighted by Gasteiger charge is 2.34. The minimum absolute atomic E-state index is 0.0293. The summed E-state index contributed by atoms with van der Waals surface area (Å²) in [6.07, 6.45) is -5.51. The molecule has 0 aliphatic carbocycles. The van der Waals surface area contributed by atoms with Crippen LogP contribution in [0.5, 0.6) is 5.75 Å². The first-order valence-corrected chi connectivity index (χ1v) is 10.2. The third kappa shape index (κ3) is 6.46. The normalized spacial score (nSPS) is 17.3. The lowest BCUT2D eigenvalue weighted by atomic mass is 10.1. The van der Waals surface area contributed by atoms with E-state index in [2.05, 4.69) is 5.32 Å². The molecule has 2 amide bonds. The number of benzene rings is 2. The van der Waals surface area contributed by atoms with E-state index in [1.807, 2.05) is 31.2 Å². The minimum Gasteiger partial charge on any atom is -0.491 e. The Morgan fingerprint density at radius 3 is 2.66 bits per heavy atom. The number of rotatable bonds is 8. The Hall–Kier alpha value is -3.07. The van der Waals surface area contributed by atoms with Crippen molar-refractivity contribution in [2.24, 2.45) is 5.92 Å². The van der Waals surface area contributed by atoms with Crippen molar-refractivity contribution < 1.29 is 32.6 Å². The highest BCUT2D eigenvalue weighted by atomic mass is 19.4. The van der Waals surface area contributed by atoms with Gasteiger partial charge in [-0.15, -0.1) is 0 Å². The smallest absolute Gasteiger partial charge is 0.416 e. The van der Waals surface area contributed by atoms with Crippen molar-refractivity contribution in [3.63, 3.8) is 0 Å². The molecular weight excluding hydrogens is 425 g/mol. The molecule has 1 heterocycles. The van der Waals surface area contributed by atoms with E-state index in [4.69, 9.17) is 4.74 Å². The maximum absolute atomic E-state index is 12.7. The van der Waals surface area contributed by atoms with Gasteiger partial charge in [-0.05, 0) is 30.7 Å². The lowest BCUT2D eigenvalue weighted by Crippen LogP contribution is -2.39. The summed E-state index contributed by atoms with van der Waals surface area (Å²) >= 11 is 0. The minimum atomic E-state index is -4.49. The van der Waals surface area contributed by atoms with Gasteiger partial charge in [0.15, 0.2) is 0 Å². The molecule has 0 aromatic heterocycles. The number of aliphatic hydroxyl groups excluding tert-OH is 1. The number of hydrogen-bond donors (Lipinski definition) is 2. The molecule has 0 spiro atoms. The topological polar surface area (TPSA) is 78.9 Å². The molecule has 2 aromatic carbocycles. The predicted octanol–water partition coefficient (Wildman–Crippen LogP) is 2.92. The number of alkyl halides is 3. The first-order chi connectivity index (χ1) is 15.1. The van der Waals surface area contributed by atoms with E-state index in [1.165, 1.54) is 12.1 Å². The van der Waals surface area contributed by atoms with Crippen LogP contribution in [0, 0.1) is 12.8 Å². The van der Waals surface area contributed by atoms with E-state index in [1.54, 1.807) is 4.90 Å². The largest absolute Gasteiger partial charge is 0.491 e. The Bertz CT molecular complexity index is 947. The van der Waals surface area contributed by atoms with Crippen LogP contribution >= 0.6 is 0 Å². The summed E-state index contributed by atoms with van der Waals surface area (Å²) in [4.78, 5) is 26.3. The number of carbonyl (C=O) groups excluding carboxylic acids is 2. The molecule has 32 heavy (non-hydrogen) atoms. The molecule has 1 aliphatic heterocycles. The van der Waals surface area contributed by atoms with Crippen LogP contribution in [0.2, 0.25) is 0 Å². The van der Waals surface area contributed by atoms with Crippen LogP contribution in [0.25, 0.3) is 0 Å². The van der Waals surface area contributed by atoms with Crippen molar-refractivity contribution in [1.29, 1.82) is 0 Å². The van der Waals surface area contributed by atoms with E-state index in [0.717, 1.165) is 23.3 Å². The summed E-state index contributed by atoms with van der Waals surface area (Å²) in [5.41, 5.74) is 1.25. The number of halogens is 3. The molecule has 2 aromatic rings. The number of aliphatic hydroxyl groups is 1.